The molecule has 15 heteroatoms. The summed E-state index contributed by atoms with van der Waals surface area (Å²) in [5.74, 6) is -3.75. The Hall–Kier alpha value is -3.62. The van der Waals surface area contributed by atoms with Crippen LogP contribution in [0.1, 0.15) is 12.8 Å². The standard InChI is InChI=1S/C9H16N4O3.C7H14N4O4/c1-12(9(10)11)5-7(14)13-4-2-3-6(13)8(15)16;1-11(7(8)9)2-5(13)10-4(3-12)6(14)15/h6H,2-5H2,1H3,(H3,10,11)(H,15,16);4,12H,2-3H2,1H3,(H3,8,9)(H,10,13)(H,14,15)/t6-;4-/m00/s1. The number of nitrogens with zero attached hydrogens (tertiary/aromatic N) is 3. The molecule has 2 amide bonds. The molecular weight excluding hydrogens is 416 g/mol. The number of nitrogens with one attached hydrogen (secondary N) is 3. The molecule has 1 saturated heterocycles. The van der Waals surface area contributed by atoms with Gasteiger partial charge in [-0.1, -0.05) is 0 Å². The smallest absolute Gasteiger partial charge is 0.328 e. The summed E-state index contributed by atoms with van der Waals surface area (Å²) in [5.41, 5.74) is 10.3. The first kappa shape index (κ1) is 27.4. The van der Waals surface area contributed by atoms with Crippen LogP contribution in [0.3, 0.4) is 0 Å². The van der Waals surface area contributed by atoms with Crippen LogP contribution in [0.2, 0.25) is 0 Å². The summed E-state index contributed by atoms with van der Waals surface area (Å²) in [5, 5.41) is 42.2. The van der Waals surface area contributed by atoms with Gasteiger partial charge in [0.15, 0.2) is 11.9 Å². The topological polar surface area (TPSA) is 250 Å². The Kier molecular flexibility index (Phi) is 11.3. The number of likely N-dealkylation sites (N-methyl/N-ethyl adjacent to an activating group) is 2. The molecule has 0 bridgehead atoms. The third-order valence-electron chi connectivity index (χ3n) is 4.25. The Bertz CT molecular complexity index is 701. The van der Waals surface area contributed by atoms with Gasteiger partial charge in [-0.3, -0.25) is 20.4 Å². The van der Waals surface area contributed by atoms with Gasteiger partial charge in [0, 0.05) is 20.6 Å². The van der Waals surface area contributed by atoms with Crippen LogP contribution >= 0.6 is 0 Å². The molecule has 1 rings (SSSR count). The molecule has 0 aliphatic carbocycles. The van der Waals surface area contributed by atoms with Crippen molar-refractivity contribution in [3.8, 4) is 0 Å². The lowest BCUT2D eigenvalue weighted by Crippen LogP contribution is -2.48. The highest BCUT2D eigenvalue weighted by Crippen LogP contribution is 2.17. The van der Waals surface area contributed by atoms with Crippen LogP contribution in [-0.4, -0.2) is 118 Å². The van der Waals surface area contributed by atoms with Crippen molar-refractivity contribution in [2.45, 2.75) is 24.9 Å². The minimum absolute atomic E-state index is 0.0564. The molecule has 1 aliphatic rings. The second kappa shape index (κ2) is 12.8. The maximum atomic E-state index is 11.7. The molecule has 0 spiro atoms. The zero-order chi connectivity index (χ0) is 24.3. The molecule has 2 atom stereocenters. The summed E-state index contributed by atoms with van der Waals surface area (Å²) in [6.45, 7) is -0.523. The van der Waals surface area contributed by atoms with Gasteiger partial charge in [-0.25, -0.2) is 9.59 Å². The minimum Gasteiger partial charge on any atom is -0.480 e. The number of likely N-dealkylation sites (tertiary alicyclic amines) is 1. The zero-order valence-electron chi connectivity index (χ0n) is 17.4. The van der Waals surface area contributed by atoms with E-state index in [-0.39, 0.29) is 30.9 Å². The molecule has 0 aromatic carbocycles. The maximum absolute atomic E-state index is 11.7. The van der Waals surface area contributed by atoms with Crippen molar-refractivity contribution in [2.24, 2.45) is 11.5 Å². The first-order valence-corrected chi connectivity index (χ1v) is 9.07. The van der Waals surface area contributed by atoms with Gasteiger partial charge < -0.3 is 46.8 Å². The molecule has 1 heterocycles. The number of nitrogens with two attached hydrogens (primary N) is 2. The van der Waals surface area contributed by atoms with Crippen LogP contribution in [0.5, 0.6) is 0 Å². The first-order valence-electron chi connectivity index (χ1n) is 9.07. The minimum atomic E-state index is -1.34. The van der Waals surface area contributed by atoms with E-state index >= 15 is 0 Å². The highest BCUT2D eigenvalue weighted by atomic mass is 16.4. The summed E-state index contributed by atoms with van der Waals surface area (Å²) in [6, 6.07) is -2.06. The molecule has 1 aliphatic heterocycles. The van der Waals surface area contributed by atoms with E-state index < -0.39 is 36.5 Å². The van der Waals surface area contributed by atoms with Crippen molar-refractivity contribution >= 4 is 35.7 Å². The fourth-order valence-electron chi connectivity index (χ4n) is 2.43. The number of carboxylic acid groups (broad SMARTS) is 2. The van der Waals surface area contributed by atoms with Crippen molar-refractivity contribution in [3.63, 3.8) is 0 Å². The Balaban J connectivity index is 0.000000582. The van der Waals surface area contributed by atoms with Crippen LogP contribution in [-0.2, 0) is 19.2 Å². The van der Waals surface area contributed by atoms with Gasteiger partial charge in [0.2, 0.25) is 11.8 Å². The molecule has 0 unspecified atom stereocenters. The van der Waals surface area contributed by atoms with E-state index in [1.807, 2.05) is 0 Å². The van der Waals surface area contributed by atoms with Crippen LogP contribution in [0.25, 0.3) is 0 Å². The molecular formula is C16H30N8O7. The van der Waals surface area contributed by atoms with Crippen molar-refractivity contribution in [3.05, 3.63) is 0 Å². The number of hydrogen-bond acceptors (Lipinski definition) is 7. The molecule has 31 heavy (non-hydrogen) atoms. The van der Waals surface area contributed by atoms with Crippen molar-refractivity contribution in [1.82, 2.24) is 20.0 Å². The zero-order valence-corrected chi connectivity index (χ0v) is 17.4. The number of guanidine groups is 2. The molecule has 0 saturated carbocycles. The van der Waals surface area contributed by atoms with Gasteiger partial charge in [0.05, 0.1) is 19.7 Å². The summed E-state index contributed by atoms with van der Waals surface area (Å²) >= 11 is 0. The Morgan fingerprint density at radius 1 is 1.10 bits per heavy atom. The Labute approximate surface area is 178 Å². The molecule has 0 aromatic heterocycles. The average Bonchev–Trinajstić information content (AvgIpc) is 3.16. The predicted octanol–water partition coefficient (Wildman–Crippen LogP) is -3.74. The summed E-state index contributed by atoms with van der Waals surface area (Å²) in [6.07, 6.45) is 1.19. The lowest BCUT2D eigenvalue weighted by Gasteiger charge is -2.24. The van der Waals surface area contributed by atoms with Gasteiger partial charge in [-0.05, 0) is 12.8 Å². The third-order valence-corrected chi connectivity index (χ3v) is 4.25. The SMILES string of the molecule is CN(CC(=O)N1CCC[C@H]1C(=O)O)C(=N)N.CN(CC(=O)N[C@@H](CO)C(=O)O)C(=N)N. The number of carbonyl (C=O) groups is 4. The third kappa shape index (κ3) is 9.62. The van der Waals surface area contributed by atoms with E-state index in [9.17, 15) is 19.2 Å². The Morgan fingerprint density at radius 2 is 1.61 bits per heavy atom. The van der Waals surface area contributed by atoms with Gasteiger partial charge >= 0.3 is 11.9 Å². The van der Waals surface area contributed by atoms with Gasteiger partial charge in [0.1, 0.15) is 12.1 Å². The number of carboxylic acids is 2. The molecule has 10 N–H and O–H groups in total. The van der Waals surface area contributed by atoms with Crippen LogP contribution in [0.15, 0.2) is 0 Å². The van der Waals surface area contributed by atoms with E-state index in [0.717, 1.165) is 4.90 Å². The molecule has 15 nitrogen and oxygen atoms in total. The predicted molar refractivity (Wildman–Crippen MR) is 108 cm³/mol. The van der Waals surface area contributed by atoms with Crippen LogP contribution in [0.4, 0.5) is 0 Å². The van der Waals surface area contributed by atoms with E-state index in [0.29, 0.717) is 19.4 Å². The highest BCUT2D eigenvalue weighted by molar-refractivity contribution is 5.88. The van der Waals surface area contributed by atoms with Gasteiger partial charge in [0.25, 0.3) is 0 Å². The summed E-state index contributed by atoms with van der Waals surface area (Å²) in [4.78, 5) is 47.9. The number of carbonyl (C=O) groups excluding carboxylic acids is 2. The van der Waals surface area contributed by atoms with Crippen molar-refractivity contribution < 1.29 is 34.5 Å². The van der Waals surface area contributed by atoms with Gasteiger partial charge in [-0.15, -0.1) is 0 Å². The number of aliphatic hydroxyl groups excluding tert-OH is 1. The van der Waals surface area contributed by atoms with Crippen molar-refractivity contribution in [2.75, 3.05) is 40.3 Å². The molecule has 176 valence electrons. The monoisotopic (exact) mass is 446 g/mol. The quantitative estimate of drug-likeness (QED) is 0.133. The normalized spacial score (nSPS) is 15.7. The number of hydrogen-bond donors (Lipinski definition) is 8. The largest absolute Gasteiger partial charge is 0.480 e. The highest BCUT2D eigenvalue weighted by Gasteiger charge is 2.34. The molecule has 1 fully saturated rings. The lowest BCUT2D eigenvalue weighted by molar-refractivity contribution is -0.148. The van der Waals surface area contributed by atoms with E-state index in [2.05, 4.69) is 5.32 Å². The average molecular weight is 446 g/mol. The lowest BCUT2D eigenvalue weighted by atomic mass is 10.2. The number of rotatable bonds is 8. The van der Waals surface area contributed by atoms with E-state index in [1.165, 1.54) is 23.9 Å². The van der Waals surface area contributed by atoms with Crippen molar-refractivity contribution in [1.29, 1.82) is 10.8 Å². The second-order valence-corrected chi connectivity index (χ2v) is 6.71. The number of aliphatic hydroxyl groups is 1. The Morgan fingerprint density at radius 3 is 2.03 bits per heavy atom. The fourth-order valence-corrected chi connectivity index (χ4v) is 2.43. The van der Waals surface area contributed by atoms with E-state index in [4.69, 9.17) is 37.6 Å². The molecule has 0 aromatic rings. The summed E-state index contributed by atoms with van der Waals surface area (Å²) < 4.78 is 0. The van der Waals surface area contributed by atoms with Crippen LogP contribution in [0, 0.1) is 10.8 Å². The first-order chi connectivity index (χ1) is 14.3. The molecule has 0 radical (unpaired) electrons. The fraction of sp³-hybridized carbons (Fsp3) is 0.625. The number of amides is 2. The van der Waals surface area contributed by atoms with Crippen LogP contribution < -0.4 is 16.8 Å². The second-order valence-electron chi connectivity index (χ2n) is 6.71. The van der Waals surface area contributed by atoms with Gasteiger partial charge in [-0.2, -0.15) is 0 Å². The number of aliphatic carboxylic acids is 2. The maximum Gasteiger partial charge on any atom is 0.328 e. The summed E-state index contributed by atoms with van der Waals surface area (Å²) in [7, 11) is 2.93. The van der Waals surface area contributed by atoms with E-state index in [1.54, 1.807) is 0 Å².